The van der Waals surface area contributed by atoms with Gasteiger partial charge in [-0.3, -0.25) is 0 Å². The molecule has 1 aromatic rings. The zero-order valence-corrected chi connectivity index (χ0v) is 10.2. The SMILES string of the molecule is CN1CC(c2ccc(CCC=O)cc2Cl)C1. The van der Waals surface area contributed by atoms with Crippen molar-refractivity contribution >= 4 is 17.9 Å². The van der Waals surface area contributed by atoms with Gasteiger partial charge in [0.1, 0.15) is 6.29 Å². The molecule has 0 atom stereocenters. The summed E-state index contributed by atoms with van der Waals surface area (Å²) in [6.07, 6.45) is 2.30. The fourth-order valence-electron chi connectivity index (χ4n) is 2.18. The molecule has 0 amide bonds. The Morgan fingerprint density at radius 2 is 2.25 bits per heavy atom. The molecule has 1 saturated heterocycles. The largest absolute Gasteiger partial charge is 0.305 e. The molecule has 16 heavy (non-hydrogen) atoms. The molecule has 1 aliphatic heterocycles. The number of likely N-dealkylation sites (tertiary alicyclic amines) is 1. The Bertz CT molecular complexity index is 386. The Kier molecular flexibility index (Phi) is 3.62. The van der Waals surface area contributed by atoms with E-state index in [1.807, 2.05) is 6.07 Å². The van der Waals surface area contributed by atoms with Crippen LogP contribution in [0, 0.1) is 0 Å². The van der Waals surface area contributed by atoms with Gasteiger partial charge in [0.05, 0.1) is 0 Å². The lowest BCUT2D eigenvalue weighted by atomic mass is 9.91. The van der Waals surface area contributed by atoms with Crippen molar-refractivity contribution in [2.75, 3.05) is 20.1 Å². The molecule has 3 heteroatoms. The summed E-state index contributed by atoms with van der Waals surface area (Å²) in [5, 5.41) is 0.849. The van der Waals surface area contributed by atoms with Gasteiger partial charge in [-0.15, -0.1) is 0 Å². The highest BCUT2D eigenvalue weighted by atomic mass is 35.5. The molecule has 0 N–H and O–H groups in total. The van der Waals surface area contributed by atoms with Gasteiger partial charge in [-0.25, -0.2) is 0 Å². The number of likely N-dealkylation sites (N-methyl/N-ethyl adjacent to an activating group) is 1. The molecule has 0 saturated carbocycles. The van der Waals surface area contributed by atoms with Crippen LogP contribution >= 0.6 is 11.6 Å². The number of carbonyl (C=O) groups is 1. The summed E-state index contributed by atoms with van der Waals surface area (Å²) in [4.78, 5) is 12.6. The summed E-state index contributed by atoms with van der Waals surface area (Å²) >= 11 is 6.26. The van der Waals surface area contributed by atoms with Crippen molar-refractivity contribution in [2.24, 2.45) is 0 Å². The minimum atomic E-state index is 0.571. The van der Waals surface area contributed by atoms with Crippen molar-refractivity contribution in [3.8, 4) is 0 Å². The number of hydrogen-bond donors (Lipinski definition) is 0. The zero-order valence-electron chi connectivity index (χ0n) is 9.45. The molecule has 0 aromatic heterocycles. The lowest BCUT2D eigenvalue weighted by Crippen LogP contribution is -2.41. The molecule has 0 radical (unpaired) electrons. The van der Waals surface area contributed by atoms with Crippen LogP contribution in [0.5, 0.6) is 0 Å². The van der Waals surface area contributed by atoms with E-state index in [-0.39, 0.29) is 0 Å². The van der Waals surface area contributed by atoms with Gasteiger partial charge >= 0.3 is 0 Å². The molecule has 1 heterocycles. The summed E-state index contributed by atoms with van der Waals surface area (Å²) in [6.45, 7) is 2.18. The van der Waals surface area contributed by atoms with E-state index in [4.69, 9.17) is 11.6 Å². The van der Waals surface area contributed by atoms with Crippen LogP contribution in [-0.2, 0) is 11.2 Å². The van der Waals surface area contributed by atoms with Crippen LogP contribution < -0.4 is 0 Å². The standard InChI is InChI=1S/C13H16ClNO/c1-15-8-11(9-15)12-5-4-10(3-2-6-16)7-13(12)14/h4-7,11H,2-3,8-9H2,1H3. The third kappa shape index (κ3) is 2.45. The van der Waals surface area contributed by atoms with Crippen LogP contribution in [0.15, 0.2) is 18.2 Å². The Labute approximate surface area is 101 Å². The van der Waals surface area contributed by atoms with E-state index in [2.05, 4.69) is 24.1 Å². The monoisotopic (exact) mass is 237 g/mol. The van der Waals surface area contributed by atoms with Gasteiger partial charge in [0.25, 0.3) is 0 Å². The number of nitrogens with zero attached hydrogens (tertiary/aromatic N) is 1. The van der Waals surface area contributed by atoms with Crippen molar-refractivity contribution in [2.45, 2.75) is 18.8 Å². The van der Waals surface area contributed by atoms with Gasteiger partial charge in [-0.2, -0.15) is 0 Å². The van der Waals surface area contributed by atoms with Crippen molar-refractivity contribution < 1.29 is 4.79 Å². The van der Waals surface area contributed by atoms with Gasteiger partial charge in [0, 0.05) is 30.5 Å². The molecule has 1 fully saturated rings. The van der Waals surface area contributed by atoms with Crippen LogP contribution in [0.25, 0.3) is 0 Å². The first-order valence-corrected chi connectivity index (χ1v) is 5.99. The molecule has 0 unspecified atom stereocenters. The number of halogens is 1. The second kappa shape index (κ2) is 4.98. The molecule has 2 rings (SSSR count). The summed E-state index contributed by atoms with van der Waals surface area (Å²) in [5.74, 6) is 0.581. The van der Waals surface area contributed by atoms with E-state index in [0.29, 0.717) is 12.3 Å². The topological polar surface area (TPSA) is 20.3 Å². The smallest absolute Gasteiger partial charge is 0.120 e. The van der Waals surface area contributed by atoms with Crippen LogP contribution in [0.2, 0.25) is 5.02 Å². The molecule has 1 aromatic carbocycles. The lowest BCUT2D eigenvalue weighted by molar-refractivity contribution is -0.107. The van der Waals surface area contributed by atoms with Gasteiger partial charge in [-0.05, 0) is 30.7 Å². The minimum Gasteiger partial charge on any atom is -0.305 e. The van der Waals surface area contributed by atoms with Gasteiger partial charge < -0.3 is 9.69 Å². The normalized spacial score (nSPS) is 17.1. The third-order valence-electron chi connectivity index (χ3n) is 3.12. The molecule has 86 valence electrons. The second-order valence-corrected chi connectivity index (χ2v) is 4.89. The van der Waals surface area contributed by atoms with E-state index < -0.39 is 0 Å². The van der Waals surface area contributed by atoms with Crippen molar-refractivity contribution in [3.05, 3.63) is 34.3 Å². The Morgan fingerprint density at radius 1 is 1.50 bits per heavy atom. The molecule has 2 nitrogen and oxygen atoms in total. The first-order valence-electron chi connectivity index (χ1n) is 5.61. The fraction of sp³-hybridized carbons (Fsp3) is 0.462. The lowest BCUT2D eigenvalue weighted by Gasteiger charge is -2.37. The zero-order chi connectivity index (χ0) is 11.5. The number of hydrogen-bond acceptors (Lipinski definition) is 2. The Hall–Kier alpha value is -0.860. The minimum absolute atomic E-state index is 0.571. The van der Waals surface area contributed by atoms with Gasteiger partial charge in [-0.1, -0.05) is 23.7 Å². The van der Waals surface area contributed by atoms with Gasteiger partial charge in [0.15, 0.2) is 0 Å². The van der Waals surface area contributed by atoms with Crippen LogP contribution in [0.1, 0.15) is 23.5 Å². The predicted molar refractivity (Wildman–Crippen MR) is 66.1 cm³/mol. The predicted octanol–water partition coefficient (Wildman–Crippen LogP) is 2.50. The third-order valence-corrected chi connectivity index (χ3v) is 3.45. The van der Waals surface area contributed by atoms with Crippen LogP contribution in [0.4, 0.5) is 0 Å². The first-order chi connectivity index (χ1) is 7.70. The number of aldehydes is 1. The quantitative estimate of drug-likeness (QED) is 0.750. The highest BCUT2D eigenvalue weighted by molar-refractivity contribution is 6.31. The van der Waals surface area contributed by atoms with E-state index >= 15 is 0 Å². The maximum atomic E-state index is 10.3. The summed E-state index contributed by atoms with van der Waals surface area (Å²) in [7, 11) is 2.11. The highest BCUT2D eigenvalue weighted by Gasteiger charge is 2.26. The molecular formula is C13H16ClNO. The number of aryl methyl sites for hydroxylation is 1. The number of benzene rings is 1. The molecule has 0 bridgehead atoms. The summed E-state index contributed by atoms with van der Waals surface area (Å²) in [5.41, 5.74) is 2.39. The average Bonchev–Trinajstić information content (AvgIpc) is 2.23. The maximum absolute atomic E-state index is 10.3. The Morgan fingerprint density at radius 3 is 2.81 bits per heavy atom. The van der Waals surface area contributed by atoms with Crippen molar-refractivity contribution in [1.29, 1.82) is 0 Å². The van der Waals surface area contributed by atoms with Crippen LogP contribution in [-0.4, -0.2) is 31.3 Å². The molecular weight excluding hydrogens is 222 g/mol. The van der Waals surface area contributed by atoms with Crippen molar-refractivity contribution in [1.82, 2.24) is 4.90 Å². The van der Waals surface area contributed by atoms with Crippen LogP contribution in [0.3, 0.4) is 0 Å². The van der Waals surface area contributed by atoms with Crippen molar-refractivity contribution in [3.63, 3.8) is 0 Å². The summed E-state index contributed by atoms with van der Waals surface area (Å²) in [6, 6.07) is 6.20. The fourth-order valence-corrected chi connectivity index (χ4v) is 2.54. The average molecular weight is 238 g/mol. The van der Waals surface area contributed by atoms with Gasteiger partial charge in [0.2, 0.25) is 0 Å². The first kappa shape index (κ1) is 11.6. The molecule has 1 aliphatic rings. The molecule has 0 spiro atoms. The number of carbonyl (C=O) groups excluding carboxylic acids is 1. The van der Waals surface area contributed by atoms with E-state index in [0.717, 1.165) is 36.4 Å². The van der Waals surface area contributed by atoms with E-state index in [9.17, 15) is 4.79 Å². The highest BCUT2D eigenvalue weighted by Crippen LogP contribution is 2.31. The molecule has 0 aliphatic carbocycles. The summed E-state index contributed by atoms with van der Waals surface area (Å²) < 4.78 is 0. The van der Waals surface area contributed by atoms with E-state index in [1.165, 1.54) is 5.56 Å². The Balaban J connectivity index is 2.07. The second-order valence-electron chi connectivity index (χ2n) is 4.48. The maximum Gasteiger partial charge on any atom is 0.120 e. The number of rotatable bonds is 4. The van der Waals surface area contributed by atoms with E-state index in [1.54, 1.807) is 0 Å².